The largest absolute Gasteiger partial charge is 0.311 e. The van der Waals surface area contributed by atoms with Crippen LogP contribution in [0.25, 0.3) is 0 Å². The fourth-order valence-electron chi connectivity index (χ4n) is 2.57. The van der Waals surface area contributed by atoms with Gasteiger partial charge in [-0.1, -0.05) is 30.2 Å². The van der Waals surface area contributed by atoms with Crippen LogP contribution in [0.15, 0.2) is 18.2 Å². The van der Waals surface area contributed by atoms with Crippen LogP contribution < -0.4 is 5.32 Å². The standard InChI is InChI=1S/C15H23ClN2/c1-12-6-7-13(15(16)9-12)10-17-11-14-5-3-4-8-18(14)2/h6-7,9,14,17H,3-5,8,10-11H2,1-2H3. The number of hydrogen-bond acceptors (Lipinski definition) is 2. The second-order valence-corrected chi connectivity index (χ2v) is 5.76. The first-order valence-corrected chi connectivity index (χ1v) is 7.20. The van der Waals surface area contributed by atoms with Crippen LogP contribution in [0.3, 0.4) is 0 Å². The monoisotopic (exact) mass is 266 g/mol. The highest BCUT2D eigenvalue weighted by molar-refractivity contribution is 6.31. The summed E-state index contributed by atoms with van der Waals surface area (Å²) < 4.78 is 0. The summed E-state index contributed by atoms with van der Waals surface area (Å²) in [5, 5.41) is 4.41. The van der Waals surface area contributed by atoms with Crippen molar-refractivity contribution >= 4 is 11.6 Å². The molecule has 0 spiro atoms. The van der Waals surface area contributed by atoms with Crippen molar-refractivity contribution in [3.05, 3.63) is 34.3 Å². The average Bonchev–Trinajstić information content (AvgIpc) is 2.34. The lowest BCUT2D eigenvalue weighted by Crippen LogP contribution is -2.42. The fourth-order valence-corrected chi connectivity index (χ4v) is 2.87. The van der Waals surface area contributed by atoms with Crippen molar-refractivity contribution in [1.82, 2.24) is 10.2 Å². The summed E-state index contributed by atoms with van der Waals surface area (Å²) in [6, 6.07) is 6.96. The minimum atomic E-state index is 0.683. The predicted octanol–water partition coefficient (Wildman–Crippen LogP) is 3.22. The second kappa shape index (κ2) is 6.55. The van der Waals surface area contributed by atoms with E-state index in [0.717, 1.165) is 18.1 Å². The van der Waals surface area contributed by atoms with Gasteiger partial charge in [-0.3, -0.25) is 0 Å². The molecule has 0 aliphatic carbocycles. The first-order valence-electron chi connectivity index (χ1n) is 6.83. The molecule has 1 heterocycles. The van der Waals surface area contributed by atoms with Gasteiger partial charge in [-0.05, 0) is 50.6 Å². The molecule has 1 atom stereocenters. The molecule has 0 aromatic heterocycles. The molecule has 2 nitrogen and oxygen atoms in total. The maximum atomic E-state index is 6.23. The molecular formula is C15H23ClN2. The second-order valence-electron chi connectivity index (χ2n) is 5.36. The number of rotatable bonds is 4. The van der Waals surface area contributed by atoms with Crippen molar-refractivity contribution in [2.24, 2.45) is 0 Å². The maximum Gasteiger partial charge on any atom is 0.0453 e. The molecule has 1 fully saturated rings. The van der Waals surface area contributed by atoms with Crippen LogP contribution in [-0.2, 0) is 6.54 Å². The van der Waals surface area contributed by atoms with Crippen LogP contribution in [0.1, 0.15) is 30.4 Å². The van der Waals surface area contributed by atoms with Gasteiger partial charge in [-0.25, -0.2) is 0 Å². The van der Waals surface area contributed by atoms with Gasteiger partial charge in [-0.15, -0.1) is 0 Å². The number of nitrogens with one attached hydrogen (secondary N) is 1. The molecule has 1 aromatic rings. The molecule has 3 heteroatoms. The van der Waals surface area contributed by atoms with E-state index in [1.54, 1.807) is 0 Å². The highest BCUT2D eigenvalue weighted by Crippen LogP contribution is 2.18. The van der Waals surface area contributed by atoms with Crippen LogP contribution >= 0.6 is 11.6 Å². The molecule has 1 unspecified atom stereocenters. The van der Waals surface area contributed by atoms with E-state index in [4.69, 9.17) is 11.6 Å². The number of hydrogen-bond donors (Lipinski definition) is 1. The Morgan fingerprint density at radius 3 is 2.94 bits per heavy atom. The lowest BCUT2D eigenvalue weighted by atomic mass is 10.0. The Morgan fingerprint density at radius 2 is 2.22 bits per heavy atom. The molecule has 0 bridgehead atoms. The van der Waals surface area contributed by atoms with Crippen molar-refractivity contribution in [1.29, 1.82) is 0 Å². The van der Waals surface area contributed by atoms with Gasteiger partial charge in [0.1, 0.15) is 0 Å². The normalized spacial score (nSPS) is 21.2. The minimum absolute atomic E-state index is 0.683. The molecule has 100 valence electrons. The molecule has 1 saturated heterocycles. The molecule has 0 amide bonds. The first kappa shape index (κ1) is 13.9. The van der Waals surface area contributed by atoms with Crippen molar-refractivity contribution in [3.63, 3.8) is 0 Å². The topological polar surface area (TPSA) is 15.3 Å². The Bertz CT molecular complexity index is 392. The summed E-state index contributed by atoms with van der Waals surface area (Å²) in [5.41, 5.74) is 2.41. The quantitative estimate of drug-likeness (QED) is 0.900. The molecule has 0 saturated carbocycles. The van der Waals surface area contributed by atoms with E-state index < -0.39 is 0 Å². The van der Waals surface area contributed by atoms with Crippen molar-refractivity contribution < 1.29 is 0 Å². The van der Waals surface area contributed by atoms with E-state index in [0.29, 0.717) is 6.04 Å². The van der Waals surface area contributed by atoms with Gasteiger partial charge in [0.25, 0.3) is 0 Å². The lowest BCUT2D eigenvalue weighted by Gasteiger charge is -2.32. The number of aryl methyl sites for hydroxylation is 1. The molecule has 1 aliphatic rings. The third-order valence-corrected chi connectivity index (χ3v) is 4.18. The van der Waals surface area contributed by atoms with Crippen molar-refractivity contribution in [2.45, 2.75) is 38.8 Å². The Hall–Kier alpha value is -0.570. The van der Waals surface area contributed by atoms with Crippen LogP contribution in [0.4, 0.5) is 0 Å². The Labute approximate surface area is 115 Å². The Balaban J connectivity index is 1.81. The van der Waals surface area contributed by atoms with Gasteiger partial charge >= 0.3 is 0 Å². The third-order valence-electron chi connectivity index (χ3n) is 3.83. The van der Waals surface area contributed by atoms with E-state index in [9.17, 15) is 0 Å². The molecule has 1 aliphatic heterocycles. The Morgan fingerprint density at radius 1 is 1.39 bits per heavy atom. The van der Waals surface area contributed by atoms with Crippen LogP contribution in [-0.4, -0.2) is 31.1 Å². The van der Waals surface area contributed by atoms with Gasteiger partial charge in [0.2, 0.25) is 0 Å². The van der Waals surface area contributed by atoms with E-state index in [-0.39, 0.29) is 0 Å². The lowest BCUT2D eigenvalue weighted by molar-refractivity contribution is 0.181. The molecule has 0 radical (unpaired) electrons. The summed E-state index contributed by atoms with van der Waals surface area (Å²) in [5.74, 6) is 0. The van der Waals surface area contributed by atoms with E-state index >= 15 is 0 Å². The molecular weight excluding hydrogens is 244 g/mol. The number of halogens is 1. The van der Waals surface area contributed by atoms with Crippen molar-refractivity contribution in [2.75, 3.05) is 20.1 Å². The van der Waals surface area contributed by atoms with E-state index in [1.807, 2.05) is 6.07 Å². The highest BCUT2D eigenvalue weighted by Gasteiger charge is 2.17. The SMILES string of the molecule is Cc1ccc(CNCC2CCCCN2C)c(Cl)c1. The minimum Gasteiger partial charge on any atom is -0.311 e. The molecule has 1 aromatic carbocycles. The van der Waals surface area contributed by atoms with Gasteiger partial charge in [0.15, 0.2) is 0 Å². The predicted molar refractivity (Wildman–Crippen MR) is 78.2 cm³/mol. The van der Waals surface area contributed by atoms with Crippen molar-refractivity contribution in [3.8, 4) is 0 Å². The fraction of sp³-hybridized carbons (Fsp3) is 0.600. The highest BCUT2D eigenvalue weighted by atomic mass is 35.5. The zero-order chi connectivity index (χ0) is 13.0. The molecule has 2 rings (SSSR count). The van der Waals surface area contributed by atoms with Crippen LogP contribution in [0.2, 0.25) is 5.02 Å². The van der Waals surface area contributed by atoms with Crippen LogP contribution in [0, 0.1) is 6.92 Å². The first-order chi connectivity index (χ1) is 8.66. The van der Waals surface area contributed by atoms with E-state index in [2.05, 4.69) is 36.3 Å². The maximum absolute atomic E-state index is 6.23. The third kappa shape index (κ3) is 3.71. The van der Waals surface area contributed by atoms with Gasteiger partial charge in [0.05, 0.1) is 0 Å². The van der Waals surface area contributed by atoms with Gasteiger partial charge < -0.3 is 10.2 Å². The number of nitrogens with zero attached hydrogens (tertiary/aromatic N) is 1. The molecule has 1 N–H and O–H groups in total. The zero-order valence-corrected chi connectivity index (χ0v) is 12.1. The Kier molecular flexibility index (Phi) is 5.04. The summed E-state index contributed by atoms with van der Waals surface area (Å²) in [7, 11) is 2.23. The van der Waals surface area contributed by atoms with Crippen LogP contribution in [0.5, 0.6) is 0 Å². The van der Waals surface area contributed by atoms with E-state index in [1.165, 1.54) is 36.9 Å². The zero-order valence-electron chi connectivity index (χ0n) is 11.4. The number of likely N-dealkylation sites (N-methyl/N-ethyl adjacent to an activating group) is 1. The average molecular weight is 267 g/mol. The van der Waals surface area contributed by atoms with Gasteiger partial charge in [0, 0.05) is 24.2 Å². The number of benzene rings is 1. The summed E-state index contributed by atoms with van der Waals surface area (Å²) in [6.45, 7) is 5.22. The summed E-state index contributed by atoms with van der Waals surface area (Å²) in [4.78, 5) is 2.47. The smallest absolute Gasteiger partial charge is 0.0453 e. The van der Waals surface area contributed by atoms with Gasteiger partial charge in [-0.2, -0.15) is 0 Å². The molecule has 18 heavy (non-hydrogen) atoms. The number of likely N-dealkylation sites (tertiary alicyclic amines) is 1. The number of piperidine rings is 1. The summed E-state index contributed by atoms with van der Waals surface area (Å²) >= 11 is 6.23. The summed E-state index contributed by atoms with van der Waals surface area (Å²) in [6.07, 6.45) is 4.02.